The number of aryl methyl sites for hydroxylation is 2. The van der Waals surface area contributed by atoms with E-state index in [9.17, 15) is 14.7 Å². The van der Waals surface area contributed by atoms with Crippen LogP contribution in [0.1, 0.15) is 16.7 Å². The summed E-state index contributed by atoms with van der Waals surface area (Å²) in [6.45, 7) is 3.87. The molecule has 0 saturated carbocycles. The maximum atomic E-state index is 12.6. The minimum Gasteiger partial charge on any atom is -0.502 e. The summed E-state index contributed by atoms with van der Waals surface area (Å²) >= 11 is 0. The predicted molar refractivity (Wildman–Crippen MR) is 84.4 cm³/mol. The van der Waals surface area contributed by atoms with Gasteiger partial charge in [-0.2, -0.15) is 0 Å². The quantitative estimate of drug-likeness (QED) is 0.865. The molecule has 0 aromatic heterocycles. The van der Waals surface area contributed by atoms with Crippen LogP contribution < -0.4 is 4.90 Å². The Hall–Kier alpha value is -2.88. The van der Waals surface area contributed by atoms with E-state index in [0.29, 0.717) is 11.3 Å². The number of aliphatic hydroxyl groups excluding tert-OH is 1. The number of anilines is 1. The summed E-state index contributed by atoms with van der Waals surface area (Å²) in [5.41, 5.74) is 3.10. The molecule has 1 aliphatic rings. The Kier molecular flexibility index (Phi) is 3.29. The second kappa shape index (κ2) is 5.15. The molecule has 0 bridgehead atoms. The number of imide groups is 1. The number of carbonyl (C=O) groups excluding carboxylic acids is 2. The second-order valence-corrected chi connectivity index (χ2v) is 5.30. The summed E-state index contributed by atoms with van der Waals surface area (Å²) in [5.74, 6) is -1.70. The predicted octanol–water partition coefficient (Wildman–Crippen LogP) is 3.15. The molecule has 3 rings (SSSR count). The lowest BCUT2D eigenvalue weighted by atomic mass is 10.1. The highest BCUT2D eigenvalue weighted by molar-refractivity contribution is 6.44. The molecule has 0 spiro atoms. The summed E-state index contributed by atoms with van der Waals surface area (Å²) in [4.78, 5) is 25.9. The Morgan fingerprint density at radius 3 is 2.18 bits per heavy atom. The van der Waals surface area contributed by atoms with Crippen LogP contribution in [0, 0.1) is 13.8 Å². The Labute approximate surface area is 128 Å². The minimum atomic E-state index is -0.688. The van der Waals surface area contributed by atoms with Crippen LogP contribution >= 0.6 is 0 Å². The van der Waals surface area contributed by atoms with Crippen molar-refractivity contribution in [2.45, 2.75) is 13.8 Å². The van der Waals surface area contributed by atoms with Crippen molar-refractivity contribution < 1.29 is 14.7 Å². The fourth-order valence-corrected chi connectivity index (χ4v) is 2.48. The fourth-order valence-electron chi connectivity index (χ4n) is 2.48. The first-order valence-electron chi connectivity index (χ1n) is 6.95. The van der Waals surface area contributed by atoms with Crippen LogP contribution in [-0.4, -0.2) is 16.9 Å². The molecule has 0 unspecified atom stereocenters. The lowest BCUT2D eigenvalue weighted by Gasteiger charge is -2.16. The van der Waals surface area contributed by atoms with Crippen molar-refractivity contribution in [1.29, 1.82) is 0 Å². The second-order valence-electron chi connectivity index (χ2n) is 5.30. The zero-order valence-corrected chi connectivity index (χ0v) is 12.3. The zero-order chi connectivity index (χ0) is 15.9. The van der Waals surface area contributed by atoms with Crippen LogP contribution in [0.4, 0.5) is 5.69 Å². The summed E-state index contributed by atoms with van der Waals surface area (Å²) in [6, 6.07) is 14.0. The van der Waals surface area contributed by atoms with E-state index in [2.05, 4.69) is 0 Å². The van der Waals surface area contributed by atoms with E-state index in [1.54, 1.807) is 36.4 Å². The van der Waals surface area contributed by atoms with Crippen molar-refractivity contribution in [1.82, 2.24) is 0 Å². The lowest BCUT2D eigenvalue weighted by Crippen LogP contribution is -2.31. The van der Waals surface area contributed by atoms with Crippen LogP contribution in [0.5, 0.6) is 0 Å². The van der Waals surface area contributed by atoms with E-state index < -0.39 is 17.6 Å². The van der Waals surface area contributed by atoms with Crippen LogP contribution in [0.25, 0.3) is 5.57 Å². The minimum absolute atomic E-state index is 0.0452. The van der Waals surface area contributed by atoms with Crippen LogP contribution in [-0.2, 0) is 9.59 Å². The highest BCUT2D eigenvalue weighted by atomic mass is 16.3. The molecule has 2 amide bonds. The molecule has 4 heteroatoms. The summed E-state index contributed by atoms with van der Waals surface area (Å²) in [7, 11) is 0. The van der Waals surface area contributed by atoms with Crippen molar-refractivity contribution in [3.63, 3.8) is 0 Å². The first-order chi connectivity index (χ1) is 10.5. The Morgan fingerprint density at radius 1 is 0.864 bits per heavy atom. The summed E-state index contributed by atoms with van der Waals surface area (Å²) < 4.78 is 0. The third kappa shape index (κ3) is 2.09. The van der Waals surface area contributed by atoms with Crippen molar-refractivity contribution in [3.8, 4) is 0 Å². The Morgan fingerprint density at radius 2 is 1.55 bits per heavy atom. The smallest absolute Gasteiger partial charge is 0.301 e. The number of benzene rings is 2. The van der Waals surface area contributed by atoms with Gasteiger partial charge in [-0.25, -0.2) is 4.90 Å². The molecule has 1 aliphatic heterocycles. The van der Waals surface area contributed by atoms with Gasteiger partial charge in [0.05, 0.1) is 11.3 Å². The van der Waals surface area contributed by atoms with Gasteiger partial charge in [0.2, 0.25) is 0 Å². The molecule has 1 heterocycles. The van der Waals surface area contributed by atoms with E-state index >= 15 is 0 Å². The fraction of sp³-hybridized carbons (Fsp3) is 0.111. The summed E-state index contributed by atoms with van der Waals surface area (Å²) in [6.07, 6.45) is 0. The largest absolute Gasteiger partial charge is 0.502 e. The topological polar surface area (TPSA) is 57.6 Å². The number of aliphatic hydroxyl groups is 1. The maximum absolute atomic E-state index is 12.6. The van der Waals surface area contributed by atoms with Crippen molar-refractivity contribution in [2.75, 3.05) is 4.90 Å². The van der Waals surface area contributed by atoms with Crippen molar-refractivity contribution in [2.24, 2.45) is 0 Å². The van der Waals surface area contributed by atoms with Crippen molar-refractivity contribution >= 4 is 23.1 Å². The molecular formula is C18H15NO3. The maximum Gasteiger partial charge on any atom is 0.301 e. The average molecular weight is 293 g/mol. The molecule has 2 aromatic carbocycles. The van der Waals surface area contributed by atoms with E-state index in [4.69, 9.17) is 0 Å². The molecule has 22 heavy (non-hydrogen) atoms. The monoisotopic (exact) mass is 293 g/mol. The van der Waals surface area contributed by atoms with E-state index in [1.807, 2.05) is 26.0 Å². The van der Waals surface area contributed by atoms with Gasteiger partial charge in [0.1, 0.15) is 0 Å². The molecule has 0 radical (unpaired) electrons. The normalized spacial score (nSPS) is 14.9. The standard InChI is InChI=1S/C18H15NO3/c1-11-8-9-14(10-12(11)2)19-17(21)15(16(20)18(19)22)13-6-4-3-5-7-13/h3-10,20H,1-2H3. The van der Waals surface area contributed by atoms with Gasteiger partial charge in [0, 0.05) is 0 Å². The third-order valence-corrected chi connectivity index (χ3v) is 3.87. The van der Waals surface area contributed by atoms with Crippen molar-refractivity contribution in [3.05, 3.63) is 71.0 Å². The van der Waals surface area contributed by atoms with E-state index in [0.717, 1.165) is 16.0 Å². The molecule has 2 aromatic rings. The van der Waals surface area contributed by atoms with Crippen LogP contribution in [0.2, 0.25) is 0 Å². The number of hydrogen-bond acceptors (Lipinski definition) is 3. The SMILES string of the molecule is Cc1ccc(N2C(=O)C(O)=C(c3ccccc3)C2=O)cc1C. The molecule has 0 aliphatic carbocycles. The van der Waals surface area contributed by atoms with Gasteiger partial charge in [-0.1, -0.05) is 36.4 Å². The third-order valence-electron chi connectivity index (χ3n) is 3.87. The summed E-state index contributed by atoms with van der Waals surface area (Å²) in [5, 5.41) is 10.1. The molecule has 110 valence electrons. The van der Waals surface area contributed by atoms with Gasteiger partial charge < -0.3 is 5.11 Å². The molecule has 0 saturated heterocycles. The number of carbonyl (C=O) groups is 2. The van der Waals surface area contributed by atoms with Gasteiger partial charge in [-0.15, -0.1) is 0 Å². The molecule has 0 fully saturated rings. The number of hydrogen-bond donors (Lipinski definition) is 1. The highest BCUT2D eigenvalue weighted by Crippen LogP contribution is 2.32. The molecule has 0 atom stereocenters. The number of nitrogens with zero attached hydrogens (tertiary/aromatic N) is 1. The van der Waals surface area contributed by atoms with E-state index in [1.165, 1.54) is 0 Å². The average Bonchev–Trinajstić information content (AvgIpc) is 2.73. The molecule has 4 nitrogen and oxygen atoms in total. The lowest BCUT2D eigenvalue weighted by molar-refractivity contribution is -0.121. The first kappa shape index (κ1) is 14.1. The van der Waals surface area contributed by atoms with Gasteiger partial charge >= 0.3 is 5.91 Å². The van der Waals surface area contributed by atoms with E-state index in [-0.39, 0.29) is 5.57 Å². The van der Waals surface area contributed by atoms with Gasteiger partial charge in [0.25, 0.3) is 5.91 Å². The molecular weight excluding hydrogens is 278 g/mol. The van der Waals surface area contributed by atoms with Crippen LogP contribution in [0.3, 0.4) is 0 Å². The van der Waals surface area contributed by atoms with Gasteiger partial charge in [-0.3, -0.25) is 9.59 Å². The van der Waals surface area contributed by atoms with Gasteiger partial charge in [-0.05, 0) is 42.7 Å². The number of amides is 2. The highest BCUT2D eigenvalue weighted by Gasteiger charge is 2.40. The van der Waals surface area contributed by atoms with Crippen LogP contribution in [0.15, 0.2) is 54.3 Å². The number of rotatable bonds is 2. The zero-order valence-electron chi connectivity index (χ0n) is 12.3. The first-order valence-corrected chi connectivity index (χ1v) is 6.95. The Bertz CT molecular complexity index is 806. The Balaban J connectivity index is 2.06. The van der Waals surface area contributed by atoms with Gasteiger partial charge in [0.15, 0.2) is 5.76 Å². The molecule has 1 N–H and O–H groups in total.